The van der Waals surface area contributed by atoms with Gasteiger partial charge in [0.15, 0.2) is 0 Å². The van der Waals surface area contributed by atoms with Crippen LogP contribution in [0.15, 0.2) is 30.3 Å². The Hall–Kier alpha value is -0.900. The number of rotatable bonds is 7. The molecule has 16 heavy (non-hydrogen) atoms. The third-order valence-corrected chi connectivity index (χ3v) is 2.54. The fourth-order valence-corrected chi connectivity index (χ4v) is 1.59. The van der Waals surface area contributed by atoms with Crippen molar-refractivity contribution in [1.29, 1.82) is 0 Å². The van der Waals surface area contributed by atoms with Crippen molar-refractivity contribution in [1.82, 2.24) is 10.2 Å². The summed E-state index contributed by atoms with van der Waals surface area (Å²) in [5, 5.41) is 12.6. The van der Waals surface area contributed by atoms with Gasteiger partial charge in [0.05, 0.1) is 6.61 Å². The average molecular weight is 222 g/mol. The lowest BCUT2D eigenvalue weighted by molar-refractivity contribution is 0.237. The fourth-order valence-electron chi connectivity index (χ4n) is 1.59. The Kier molecular flexibility index (Phi) is 6.08. The molecular weight excluding hydrogens is 200 g/mol. The van der Waals surface area contributed by atoms with Gasteiger partial charge in [-0.15, -0.1) is 0 Å². The molecule has 0 saturated carbocycles. The summed E-state index contributed by atoms with van der Waals surface area (Å²) < 4.78 is 0. The second-order valence-electron chi connectivity index (χ2n) is 4.33. The Balaban J connectivity index is 2.32. The number of nitrogens with one attached hydrogen (secondary N) is 1. The molecule has 0 fully saturated rings. The summed E-state index contributed by atoms with van der Waals surface area (Å²) in [5.74, 6) is 0. The van der Waals surface area contributed by atoms with Crippen molar-refractivity contribution in [3.63, 3.8) is 0 Å². The molecule has 1 aromatic carbocycles. The van der Waals surface area contributed by atoms with Gasteiger partial charge in [-0.3, -0.25) is 0 Å². The van der Waals surface area contributed by atoms with Crippen LogP contribution in [0.1, 0.15) is 5.56 Å². The fraction of sp³-hybridized carbons (Fsp3) is 0.538. The molecule has 0 aliphatic heterocycles. The van der Waals surface area contributed by atoms with Gasteiger partial charge < -0.3 is 15.3 Å². The number of likely N-dealkylation sites (N-methyl/N-ethyl adjacent to an activating group) is 1. The van der Waals surface area contributed by atoms with Crippen molar-refractivity contribution in [3.05, 3.63) is 35.9 Å². The number of aliphatic hydroxyl groups is 1. The highest BCUT2D eigenvalue weighted by atomic mass is 16.3. The largest absolute Gasteiger partial charge is 0.395 e. The first-order valence-corrected chi connectivity index (χ1v) is 5.75. The van der Waals surface area contributed by atoms with Crippen molar-refractivity contribution >= 4 is 0 Å². The van der Waals surface area contributed by atoms with Gasteiger partial charge in [-0.05, 0) is 26.1 Å². The van der Waals surface area contributed by atoms with Crippen LogP contribution in [0.3, 0.4) is 0 Å². The number of hydrogen-bond acceptors (Lipinski definition) is 3. The SMILES string of the molecule is CN(C)CCNC(CO)Cc1ccccc1. The lowest BCUT2D eigenvalue weighted by atomic mass is 10.1. The van der Waals surface area contributed by atoms with Crippen LogP contribution in [0.4, 0.5) is 0 Å². The zero-order chi connectivity index (χ0) is 11.8. The molecule has 0 aromatic heterocycles. The molecule has 0 spiro atoms. The van der Waals surface area contributed by atoms with Crippen LogP contribution in [-0.4, -0.2) is 49.8 Å². The van der Waals surface area contributed by atoms with Gasteiger partial charge in [0.2, 0.25) is 0 Å². The smallest absolute Gasteiger partial charge is 0.0587 e. The molecule has 2 N–H and O–H groups in total. The zero-order valence-electron chi connectivity index (χ0n) is 10.2. The average Bonchev–Trinajstić information content (AvgIpc) is 2.28. The first-order valence-electron chi connectivity index (χ1n) is 5.75. The lowest BCUT2D eigenvalue weighted by Gasteiger charge is -2.18. The molecule has 0 bridgehead atoms. The highest BCUT2D eigenvalue weighted by Crippen LogP contribution is 2.02. The van der Waals surface area contributed by atoms with Crippen LogP contribution in [0, 0.1) is 0 Å². The summed E-state index contributed by atoms with van der Waals surface area (Å²) in [7, 11) is 4.10. The maximum absolute atomic E-state index is 9.28. The van der Waals surface area contributed by atoms with Gasteiger partial charge in [0.25, 0.3) is 0 Å². The Morgan fingerprint density at radius 2 is 1.94 bits per heavy atom. The third-order valence-electron chi connectivity index (χ3n) is 2.54. The Labute approximate surface area is 98.1 Å². The summed E-state index contributed by atoms with van der Waals surface area (Å²) in [6, 6.07) is 10.4. The monoisotopic (exact) mass is 222 g/mol. The van der Waals surface area contributed by atoms with Crippen LogP contribution in [0.25, 0.3) is 0 Å². The zero-order valence-corrected chi connectivity index (χ0v) is 10.2. The van der Waals surface area contributed by atoms with Crippen molar-refractivity contribution in [2.45, 2.75) is 12.5 Å². The summed E-state index contributed by atoms with van der Waals surface area (Å²) >= 11 is 0. The minimum atomic E-state index is 0.155. The van der Waals surface area contributed by atoms with Crippen LogP contribution in [0.2, 0.25) is 0 Å². The lowest BCUT2D eigenvalue weighted by Crippen LogP contribution is -2.38. The third kappa shape index (κ3) is 5.26. The van der Waals surface area contributed by atoms with Crippen LogP contribution < -0.4 is 5.32 Å². The van der Waals surface area contributed by atoms with Gasteiger partial charge in [-0.25, -0.2) is 0 Å². The topological polar surface area (TPSA) is 35.5 Å². The highest BCUT2D eigenvalue weighted by molar-refractivity contribution is 5.15. The van der Waals surface area contributed by atoms with E-state index >= 15 is 0 Å². The van der Waals surface area contributed by atoms with E-state index in [9.17, 15) is 5.11 Å². The molecule has 3 nitrogen and oxygen atoms in total. The molecule has 0 saturated heterocycles. The van der Waals surface area contributed by atoms with E-state index in [1.165, 1.54) is 5.56 Å². The molecule has 1 atom stereocenters. The van der Waals surface area contributed by atoms with Gasteiger partial charge in [0.1, 0.15) is 0 Å². The van der Waals surface area contributed by atoms with Crippen molar-refractivity contribution in [2.75, 3.05) is 33.8 Å². The molecule has 90 valence electrons. The number of hydrogen-bond donors (Lipinski definition) is 2. The summed E-state index contributed by atoms with van der Waals surface area (Å²) in [4.78, 5) is 2.13. The second kappa shape index (κ2) is 7.39. The molecule has 1 rings (SSSR count). The number of nitrogens with zero attached hydrogens (tertiary/aromatic N) is 1. The van der Waals surface area contributed by atoms with E-state index in [-0.39, 0.29) is 12.6 Å². The minimum absolute atomic E-state index is 0.155. The van der Waals surface area contributed by atoms with Gasteiger partial charge >= 0.3 is 0 Å². The summed E-state index contributed by atoms with van der Waals surface area (Å²) in [6.07, 6.45) is 0.880. The van der Waals surface area contributed by atoms with Crippen molar-refractivity contribution in [3.8, 4) is 0 Å². The van der Waals surface area contributed by atoms with E-state index in [2.05, 4.69) is 22.3 Å². The van der Waals surface area contributed by atoms with Crippen molar-refractivity contribution in [2.24, 2.45) is 0 Å². The minimum Gasteiger partial charge on any atom is -0.395 e. The first kappa shape index (κ1) is 13.2. The van der Waals surface area contributed by atoms with Crippen LogP contribution in [0.5, 0.6) is 0 Å². The number of aliphatic hydroxyl groups excluding tert-OH is 1. The van der Waals surface area contributed by atoms with E-state index in [0.29, 0.717) is 0 Å². The molecule has 0 aliphatic carbocycles. The summed E-state index contributed by atoms with van der Waals surface area (Å²) in [6.45, 7) is 2.08. The predicted molar refractivity (Wildman–Crippen MR) is 67.6 cm³/mol. The molecular formula is C13H22N2O. The molecule has 0 heterocycles. The van der Waals surface area contributed by atoms with E-state index in [0.717, 1.165) is 19.5 Å². The normalized spacial score (nSPS) is 13.0. The standard InChI is InChI=1S/C13H22N2O/c1-15(2)9-8-14-13(11-16)10-12-6-4-3-5-7-12/h3-7,13-14,16H,8-11H2,1-2H3. The molecule has 1 unspecified atom stereocenters. The molecule has 0 radical (unpaired) electrons. The van der Waals surface area contributed by atoms with E-state index in [1.807, 2.05) is 32.3 Å². The Morgan fingerprint density at radius 1 is 1.25 bits per heavy atom. The van der Waals surface area contributed by atoms with Gasteiger partial charge in [-0.1, -0.05) is 30.3 Å². The van der Waals surface area contributed by atoms with E-state index < -0.39 is 0 Å². The summed E-state index contributed by atoms with van der Waals surface area (Å²) in [5.41, 5.74) is 1.26. The van der Waals surface area contributed by atoms with Gasteiger partial charge in [-0.2, -0.15) is 0 Å². The maximum atomic E-state index is 9.28. The number of benzene rings is 1. The molecule has 1 aromatic rings. The van der Waals surface area contributed by atoms with Gasteiger partial charge in [0, 0.05) is 19.1 Å². The first-order chi connectivity index (χ1) is 7.72. The van der Waals surface area contributed by atoms with Crippen molar-refractivity contribution < 1.29 is 5.11 Å². The Morgan fingerprint density at radius 3 is 2.50 bits per heavy atom. The molecule has 3 heteroatoms. The van der Waals surface area contributed by atoms with Crippen LogP contribution >= 0.6 is 0 Å². The second-order valence-corrected chi connectivity index (χ2v) is 4.33. The highest BCUT2D eigenvalue weighted by Gasteiger charge is 2.07. The maximum Gasteiger partial charge on any atom is 0.0587 e. The Bertz CT molecular complexity index is 275. The quantitative estimate of drug-likeness (QED) is 0.714. The van der Waals surface area contributed by atoms with Crippen LogP contribution in [-0.2, 0) is 6.42 Å². The van der Waals surface area contributed by atoms with E-state index in [4.69, 9.17) is 0 Å². The predicted octanol–water partition coefficient (Wildman–Crippen LogP) is 0.741. The molecule has 0 amide bonds. The van der Waals surface area contributed by atoms with E-state index in [1.54, 1.807) is 0 Å². The molecule has 0 aliphatic rings.